The topological polar surface area (TPSA) is 35.8 Å². The van der Waals surface area contributed by atoms with E-state index in [1.807, 2.05) is 6.07 Å². The summed E-state index contributed by atoms with van der Waals surface area (Å²) < 4.78 is 0. The summed E-state index contributed by atoms with van der Waals surface area (Å²) in [5.74, 6) is 3.01. The van der Waals surface area contributed by atoms with Gasteiger partial charge in [-0.2, -0.15) is 5.26 Å². The highest BCUT2D eigenvalue weighted by molar-refractivity contribution is 5.23. The van der Waals surface area contributed by atoms with Gasteiger partial charge >= 0.3 is 0 Å². The molecule has 0 atom stereocenters. The Kier molecular flexibility index (Phi) is 2.86. The predicted molar refractivity (Wildman–Crippen MR) is 78.7 cm³/mol. The summed E-state index contributed by atoms with van der Waals surface area (Å²) in [5.41, 5.74) is 1.04. The minimum atomic E-state index is -0.247. The Labute approximate surface area is 121 Å². The largest absolute Gasteiger partial charge is 0.295 e. The molecule has 0 aliphatic heterocycles. The molecule has 4 fully saturated rings. The average Bonchev–Trinajstić information content (AvgIpc) is 2.48. The summed E-state index contributed by atoms with van der Waals surface area (Å²) in [6.07, 6.45) is 6.56. The first kappa shape index (κ1) is 12.4. The lowest BCUT2D eigenvalue weighted by Crippen LogP contribution is -2.63. The molecule has 1 aromatic rings. The maximum absolute atomic E-state index is 9.91. The minimum Gasteiger partial charge on any atom is -0.295 e. The molecule has 4 saturated carbocycles. The summed E-state index contributed by atoms with van der Waals surface area (Å²) in [5, 5.41) is 13.6. The molecule has 4 bridgehead atoms. The number of rotatable bonds is 3. The third-order valence-electron chi connectivity index (χ3n) is 6.04. The van der Waals surface area contributed by atoms with Gasteiger partial charge in [-0.25, -0.2) is 0 Å². The van der Waals surface area contributed by atoms with E-state index >= 15 is 0 Å². The highest BCUT2D eigenvalue weighted by Gasteiger charge is 2.57. The van der Waals surface area contributed by atoms with Crippen molar-refractivity contribution in [1.82, 2.24) is 5.32 Å². The maximum atomic E-state index is 9.91. The van der Waals surface area contributed by atoms with Gasteiger partial charge in [0.05, 0.1) is 6.07 Å². The van der Waals surface area contributed by atoms with Crippen LogP contribution in [-0.2, 0) is 6.54 Å². The van der Waals surface area contributed by atoms with Gasteiger partial charge in [-0.1, -0.05) is 30.3 Å². The van der Waals surface area contributed by atoms with Crippen LogP contribution in [-0.4, -0.2) is 5.54 Å². The van der Waals surface area contributed by atoms with Crippen LogP contribution in [0.15, 0.2) is 30.3 Å². The van der Waals surface area contributed by atoms with E-state index < -0.39 is 0 Å². The normalized spacial score (nSPS) is 41.5. The third kappa shape index (κ3) is 1.80. The Bertz CT molecular complexity index is 500. The first-order valence-electron chi connectivity index (χ1n) is 8.00. The number of hydrogen-bond acceptors (Lipinski definition) is 2. The molecule has 1 aromatic carbocycles. The molecular weight excluding hydrogens is 244 g/mol. The van der Waals surface area contributed by atoms with Gasteiger partial charge in [-0.15, -0.1) is 0 Å². The fourth-order valence-corrected chi connectivity index (χ4v) is 5.28. The Hall–Kier alpha value is -1.33. The maximum Gasteiger partial charge on any atom is 0.112 e. The van der Waals surface area contributed by atoms with Gasteiger partial charge < -0.3 is 0 Å². The third-order valence-corrected chi connectivity index (χ3v) is 6.04. The van der Waals surface area contributed by atoms with Gasteiger partial charge in [0.2, 0.25) is 0 Å². The Morgan fingerprint density at radius 3 is 2.15 bits per heavy atom. The lowest BCUT2D eigenvalue weighted by Gasteiger charge is -2.58. The second-order valence-electron chi connectivity index (χ2n) is 7.12. The molecule has 2 nitrogen and oxygen atoms in total. The van der Waals surface area contributed by atoms with Gasteiger partial charge in [0.15, 0.2) is 0 Å². The first-order valence-corrected chi connectivity index (χ1v) is 8.00. The molecule has 20 heavy (non-hydrogen) atoms. The summed E-state index contributed by atoms with van der Waals surface area (Å²) in [6, 6.07) is 13.2. The van der Waals surface area contributed by atoms with Crippen LogP contribution in [0.3, 0.4) is 0 Å². The number of benzene rings is 1. The number of nitrogens with one attached hydrogen (secondary N) is 1. The molecule has 0 radical (unpaired) electrons. The van der Waals surface area contributed by atoms with Crippen molar-refractivity contribution in [3.8, 4) is 6.07 Å². The molecule has 0 aromatic heterocycles. The standard InChI is InChI=1S/C18H22N2/c19-12-18(20-11-13-4-2-1-3-5-13)16-7-14-6-15(9-16)10-17(18)8-14/h1-5,14-17,20H,6-11H2. The fraction of sp³-hybridized carbons (Fsp3) is 0.611. The van der Waals surface area contributed by atoms with Crippen LogP contribution in [0.25, 0.3) is 0 Å². The predicted octanol–water partition coefficient (Wildman–Crippen LogP) is 3.49. The fourth-order valence-electron chi connectivity index (χ4n) is 5.28. The zero-order valence-corrected chi connectivity index (χ0v) is 11.9. The van der Waals surface area contributed by atoms with Gasteiger partial charge in [0.25, 0.3) is 0 Å². The van der Waals surface area contributed by atoms with Crippen molar-refractivity contribution in [2.45, 2.75) is 44.2 Å². The molecular formula is C18H22N2. The molecule has 2 heteroatoms. The molecule has 0 unspecified atom stereocenters. The highest BCUT2D eigenvalue weighted by atomic mass is 15.0. The smallest absolute Gasteiger partial charge is 0.112 e. The second-order valence-corrected chi connectivity index (χ2v) is 7.12. The van der Waals surface area contributed by atoms with E-state index in [-0.39, 0.29) is 5.54 Å². The van der Waals surface area contributed by atoms with Crippen molar-refractivity contribution in [2.75, 3.05) is 0 Å². The minimum absolute atomic E-state index is 0.247. The van der Waals surface area contributed by atoms with Crippen molar-refractivity contribution < 1.29 is 0 Å². The molecule has 0 saturated heterocycles. The van der Waals surface area contributed by atoms with Crippen molar-refractivity contribution in [1.29, 1.82) is 5.26 Å². The molecule has 104 valence electrons. The van der Waals surface area contributed by atoms with E-state index in [2.05, 4.69) is 35.7 Å². The summed E-state index contributed by atoms with van der Waals surface area (Å²) >= 11 is 0. The number of nitrogens with zero attached hydrogens (tertiary/aromatic N) is 1. The quantitative estimate of drug-likeness (QED) is 0.909. The van der Waals surface area contributed by atoms with Crippen molar-refractivity contribution in [2.24, 2.45) is 23.7 Å². The molecule has 0 spiro atoms. The summed E-state index contributed by atoms with van der Waals surface area (Å²) in [4.78, 5) is 0. The van der Waals surface area contributed by atoms with Crippen LogP contribution in [0, 0.1) is 35.0 Å². The van der Waals surface area contributed by atoms with Crippen LogP contribution in [0.1, 0.15) is 37.7 Å². The number of nitriles is 1. The van der Waals surface area contributed by atoms with Gasteiger partial charge in [0.1, 0.15) is 5.54 Å². The van der Waals surface area contributed by atoms with Crippen molar-refractivity contribution in [3.05, 3.63) is 35.9 Å². The van der Waals surface area contributed by atoms with Crippen LogP contribution in [0.4, 0.5) is 0 Å². The Balaban J connectivity index is 1.56. The van der Waals surface area contributed by atoms with Crippen LogP contribution in [0.5, 0.6) is 0 Å². The Morgan fingerprint density at radius 2 is 1.60 bits per heavy atom. The van der Waals surface area contributed by atoms with Crippen LogP contribution in [0.2, 0.25) is 0 Å². The summed E-state index contributed by atoms with van der Waals surface area (Å²) in [7, 11) is 0. The van der Waals surface area contributed by atoms with Crippen molar-refractivity contribution >= 4 is 0 Å². The van der Waals surface area contributed by atoms with Crippen molar-refractivity contribution in [3.63, 3.8) is 0 Å². The average molecular weight is 266 g/mol. The molecule has 0 amide bonds. The van der Waals surface area contributed by atoms with Gasteiger partial charge in [0, 0.05) is 6.54 Å². The zero-order chi connectivity index (χ0) is 13.6. The van der Waals surface area contributed by atoms with E-state index in [4.69, 9.17) is 0 Å². The SMILES string of the molecule is N#CC1(NCc2ccccc2)C2CC3CC(C2)CC1C3. The summed E-state index contributed by atoms with van der Waals surface area (Å²) in [6.45, 7) is 0.830. The lowest BCUT2D eigenvalue weighted by atomic mass is 9.49. The molecule has 0 heterocycles. The lowest BCUT2D eigenvalue weighted by molar-refractivity contribution is -0.0473. The van der Waals surface area contributed by atoms with Crippen LogP contribution < -0.4 is 5.32 Å². The van der Waals surface area contributed by atoms with E-state index in [1.54, 1.807) is 0 Å². The monoisotopic (exact) mass is 266 g/mol. The van der Waals surface area contributed by atoms with E-state index in [1.165, 1.54) is 37.7 Å². The molecule has 4 aliphatic carbocycles. The van der Waals surface area contributed by atoms with Crippen LogP contribution >= 0.6 is 0 Å². The van der Waals surface area contributed by atoms with E-state index in [0.717, 1.165) is 18.4 Å². The molecule has 1 N–H and O–H groups in total. The Morgan fingerprint density at radius 1 is 1.00 bits per heavy atom. The van der Waals surface area contributed by atoms with E-state index in [9.17, 15) is 5.26 Å². The highest BCUT2D eigenvalue weighted by Crippen LogP contribution is 2.58. The number of hydrogen-bond donors (Lipinski definition) is 1. The molecule has 5 rings (SSSR count). The second kappa shape index (κ2) is 4.60. The van der Waals surface area contributed by atoms with E-state index in [0.29, 0.717) is 11.8 Å². The van der Waals surface area contributed by atoms with Gasteiger partial charge in [-0.05, 0) is 61.3 Å². The first-order chi connectivity index (χ1) is 9.80. The zero-order valence-electron chi connectivity index (χ0n) is 11.9. The van der Waals surface area contributed by atoms with Gasteiger partial charge in [-0.3, -0.25) is 5.32 Å². The molecule has 4 aliphatic rings.